The molecule has 0 aliphatic heterocycles. The minimum atomic E-state index is -0.896. The lowest BCUT2D eigenvalue weighted by molar-refractivity contribution is -0.887. The number of unbranched alkanes of at least 4 members (excludes halogenated alkanes) is 6. The summed E-state index contributed by atoms with van der Waals surface area (Å²) in [5, 5.41) is 9.63. The molecule has 1 N–H and O–H groups in total. The van der Waals surface area contributed by atoms with E-state index in [0.29, 0.717) is 19.3 Å². The van der Waals surface area contributed by atoms with Crippen molar-refractivity contribution in [3.05, 3.63) is 146 Å². The fourth-order valence-corrected chi connectivity index (χ4v) is 5.69. The van der Waals surface area contributed by atoms with Gasteiger partial charge in [-0.1, -0.05) is 173 Å². The van der Waals surface area contributed by atoms with Crippen LogP contribution in [0.25, 0.3) is 0 Å². The lowest BCUT2D eigenvalue weighted by Crippen LogP contribution is -2.50. The van der Waals surface area contributed by atoms with Crippen LogP contribution >= 0.6 is 0 Å². The van der Waals surface area contributed by atoms with E-state index in [9.17, 15) is 19.5 Å². The maximum atomic E-state index is 12.8. The van der Waals surface area contributed by atoms with Crippen LogP contribution in [-0.4, -0.2) is 80.6 Å². The Kier molecular flexibility index (Phi) is 39.6. The van der Waals surface area contributed by atoms with E-state index in [4.69, 9.17) is 14.2 Å². The number of likely N-dealkylation sites (N-methyl/N-ethyl adjacent to an activating group) is 1. The van der Waals surface area contributed by atoms with Gasteiger partial charge in [0.25, 0.3) is 0 Å². The summed E-state index contributed by atoms with van der Waals surface area (Å²) in [7, 11) is 5.48. The number of carbonyl (C=O) groups is 3. The number of hydrogen-bond donors (Lipinski definition) is 1. The van der Waals surface area contributed by atoms with E-state index in [1.165, 1.54) is 0 Å². The van der Waals surface area contributed by atoms with Gasteiger partial charge >= 0.3 is 17.9 Å². The van der Waals surface area contributed by atoms with E-state index in [1.807, 2.05) is 94.1 Å². The monoisotopic (exact) mass is 857 g/mol. The predicted octanol–water partition coefficient (Wildman–Crippen LogP) is 13.0. The molecule has 0 fully saturated rings. The zero-order valence-electron chi connectivity index (χ0n) is 39.0. The molecule has 8 nitrogen and oxygen atoms in total. The highest BCUT2D eigenvalue weighted by Crippen LogP contribution is 2.11. The molecule has 8 heteroatoms. The van der Waals surface area contributed by atoms with E-state index in [-0.39, 0.29) is 49.1 Å². The fourth-order valence-electron chi connectivity index (χ4n) is 5.69. The van der Waals surface area contributed by atoms with Crippen LogP contribution in [0.2, 0.25) is 0 Å². The summed E-state index contributed by atoms with van der Waals surface area (Å²) in [6, 6.07) is -0.639. The van der Waals surface area contributed by atoms with Crippen molar-refractivity contribution in [2.75, 3.05) is 41.0 Å². The molecule has 2 unspecified atom stereocenters. The molecule has 0 aliphatic rings. The minimum absolute atomic E-state index is 0.0203. The molecular formula is C54H82NO7+. The Balaban J connectivity index is 4.54. The second-order valence-electron chi connectivity index (χ2n) is 15.7. The fraction of sp³-hybridized carbons (Fsp3) is 0.500. The summed E-state index contributed by atoms with van der Waals surface area (Å²) < 4.78 is 17.2. The Morgan fingerprint density at radius 1 is 0.500 bits per heavy atom. The summed E-state index contributed by atoms with van der Waals surface area (Å²) in [5.41, 5.74) is 0. The van der Waals surface area contributed by atoms with Gasteiger partial charge in [-0.2, -0.15) is 0 Å². The topological polar surface area (TPSA) is 99.1 Å². The van der Waals surface area contributed by atoms with Crippen molar-refractivity contribution in [1.82, 2.24) is 0 Å². The molecule has 0 aromatic heterocycles. The average Bonchev–Trinajstić information content (AvgIpc) is 3.23. The highest BCUT2D eigenvalue weighted by atomic mass is 16.6. The summed E-state index contributed by atoms with van der Waals surface area (Å²) in [6.45, 7) is 4.35. The van der Waals surface area contributed by atoms with Crippen molar-refractivity contribution < 1.29 is 38.2 Å². The van der Waals surface area contributed by atoms with Gasteiger partial charge in [-0.3, -0.25) is 9.59 Å². The standard InChI is InChI=1S/C54H81NO7/c1-6-8-10-12-14-16-18-20-22-24-26-28-30-32-34-36-38-40-42-44-52(56)61-49-50(48-60-47-46-51(54(58)59)55(3,4)5)62-53(57)45-43-41-39-37-35-33-31-29-27-25-23-21-19-17-15-13-11-9-7-2/h8-12,14-18,20-24,26-30,32-35,50-51H,6-7,13,19,25,31,36-49H2,1-5H3/p+1/b10-8+,11-9+,14-12+,17-15+,18-16+,22-20+,23-21+,26-24+,29-27+,30-28+,34-32+,35-33+. The second-order valence-corrected chi connectivity index (χ2v) is 15.7. The number of carboxylic acids is 1. The van der Waals surface area contributed by atoms with Gasteiger partial charge in [-0.25, -0.2) is 4.79 Å². The number of allylic oxidation sites excluding steroid dienone is 24. The molecule has 0 aromatic rings. The molecule has 344 valence electrons. The van der Waals surface area contributed by atoms with Crippen LogP contribution in [0.1, 0.15) is 123 Å². The zero-order valence-corrected chi connectivity index (χ0v) is 39.0. The smallest absolute Gasteiger partial charge is 0.362 e. The molecule has 0 rings (SSSR count). The molecular weight excluding hydrogens is 775 g/mol. The molecule has 0 spiro atoms. The molecule has 0 saturated heterocycles. The van der Waals surface area contributed by atoms with E-state index in [2.05, 4.69) is 86.8 Å². The van der Waals surface area contributed by atoms with Gasteiger partial charge in [0.05, 0.1) is 34.4 Å². The van der Waals surface area contributed by atoms with Crippen LogP contribution in [0.4, 0.5) is 0 Å². The normalized spacial score (nSPS) is 14.3. The Hall–Kier alpha value is -4.79. The van der Waals surface area contributed by atoms with Crippen molar-refractivity contribution in [3.63, 3.8) is 0 Å². The number of esters is 2. The Labute approximate surface area is 376 Å². The number of hydrogen-bond acceptors (Lipinski definition) is 6. The third-order valence-corrected chi connectivity index (χ3v) is 9.18. The number of carbonyl (C=O) groups excluding carboxylic acids is 2. The Morgan fingerprint density at radius 3 is 1.42 bits per heavy atom. The number of carboxylic acid groups (broad SMARTS) is 1. The molecule has 0 radical (unpaired) electrons. The van der Waals surface area contributed by atoms with Crippen LogP contribution in [0.3, 0.4) is 0 Å². The molecule has 62 heavy (non-hydrogen) atoms. The van der Waals surface area contributed by atoms with Crippen molar-refractivity contribution in [3.8, 4) is 0 Å². The number of ether oxygens (including phenoxy) is 3. The summed E-state index contributed by atoms with van der Waals surface area (Å²) >= 11 is 0. The van der Waals surface area contributed by atoms with Gasteiger partial charge in [-0.15, -0.1) is 0 Å². The number of quaternary nitrogens is 1. The summed E-state index contributed by atoms with van der Waals surface area (Å²) in [4.78, 5) is 37.1. The molecule has 0 amide bonds. The molecule has 0 heterocycles. The molecule has 0 aromatic carbocycles. The van der Waals surface area contributed by atoms with E-state index in [1.54, 1.807) is 0 Å². The van der Waals surface area contributed by atoms with Gasteiger partial charge in [0.15, 0.2) is 12.1 Å². The van der Waals surface area contributed by atoms with Crippen molar-refractivity contribution in [2.45, 2.75) is 135 Å². The van der Waals surface area contributed by atoms with Crippen LogP contribution in [0.5, 0.6) is 0 Å². The minimum Gasteiger partial charge on any atom is -0.477 e. The predicted molar refractivity (Wildman–Crippen MR) is 261 cm³/mol. The van der Waals surface area contributed by atoms with Gasteiger partial charge in [0.1, 0.15) is 6.61 Å². The van der Waals surface area contributed by atoms with Crippen molar-refractivity contribution >= 4 is 17.9 Å². The SMILES string of the molecule is CC/C=C/C=C/C=C/C=C/C=C/C=C/C=C/CCCCCC(=O)OCC(COCCC(C(=O)O)[N+](C)(C)C)OC(=O)CCCCC/C=C/C/C=C/C/C=C/C/C=C/C/C=C/CC. The summed E-state index contributed by atoms with van der Waals surface area (Å²) in [5.74, 6) is -1.59. The Morgan fingerprint density at radius 2 is 0.935 bits per heavy atom. The third kappa shape index (κ3) is 40.6. The first-order valence-electron chi connectivity index (χ1n) is 23.0. The first-order valence-corrected chi connectivity index (χ1v) is 23.0. The Bertz CT molecular complexity index is 1510. The lowest BCUT2D eigenvalue weighted by Gasteiger charge is -2.31. The molecule has 0 bridgehead atoms. The lowest BCUT2D eigenvalue weighted by atomic mass is 10.1. The van der Waals surface area contributed by atoms with E-state index < -0.39 is 18.1 Å². The van der Waals surface area contributed by atoms with Crippen LogP contribution in [-0.2, 0) is 28.6 Å². The van der Waals surface area contributed by atoms with E-state index >= 15 is 0 Å². The van der Waals surface area contributed by atoms with Gasteiger partial charge in [0.2, 0.25) is 0 Å². The van der Waals surface area contributed by atoms with Crippen LogP contribution < -0.4 is 0 Å². The van der Waals surface area contributed by atoms with Gasteiger partial charge in [-0.05, 0) is 77.0 Å². The second kappa shape index (κ2) is 42.9. The maximum absolute atomic E-state index is 12.8. The van der Waals surface area contributed by atoms with Crippen LogP contribution in [0, 0.1) is 0 Å². The number of rotatable bonds is 38. The largest absolute Gasteiger partial charge is 0.477 e. The van der Waals surface area contributed by atoms with Crippen molar-refractivity contribution in [1.29, 1.82) is 0 Å². The van der Waals surface area contributed by atoms with E-state index in [0.717, 1.165) is 77.0 Å². The quantitative estimate of drug-likeness (QED) is 0.0217. The average molecular weight is 857 g/mol. The maximum Gasteiger partial charge on any atom is 0.362 e. The van der Waals surface area contributed by atoms with Gasteiger partial charge < -0.3 is 23.8 Å². The zero-order chi connectivity index (χ0) is 45.6. The van der Waals surface area contributed by atoms with Crippen molar-refractivity contribution in [2.24, 2.45) is 0 Å². The third-order valence-electron chi connectivity index (χ3n) is 9.18. The molecule has 0 saturated carbocycles. The first-order chi connectivity index (χ1) is 30.1. The van der Waals surface area contributed by atoms with Gasteiger partial charge in [0, 0.05) is 19.3 Å². The highest BCUT2D eigenvalue weighted by molar-refractivity contribution is 5.72. The first kappa shape index (κ1) is 57.2. The highest BCUT2D eigenvalue weighted by Gasteiger charge is 2.31. The summed E-state index contributed by atoms with van der Waals surface area (Å²) in [6.07, 6.45) is 63.2. The number of nitrogens with zero attached hydrogens (tertiary/aromatic N) is 1. The van der Waals surface area contributed by atoms with Crippen LogP contribution in [0.15, 0.2) is 146 Å². The molecule has 0 aliphatic carbocycles. The molecule has 2 atom stereocenters. The number of aliphatic carboxylic acids is 1.